The zero-order chi connectivity index (χ0) is 11.9. The molecule has 2 rings (SSSR count). The molecule has 0 bridgehead atoms. The molecule has 4 heteroatoms. The highest BCUT2D eigenvalue weighted by Gasteiger charge is 2.01. The molecule has 0 saturated carbocycles. The second kappa shape index (κ2) is 6.67. The van der Waals surface area contributed by atoms with Crippen molar-refractivity contribution in [2.24, 2.45) is 0 Å². The van der Waals surface area contributed by atoms with E-state index in [1.807, 2.05) is 18.2 Å². The van der Waals surface area contributed by atoms with Gasteiger partial charge >= 0.3 is 0 Å². The number of nitrogens with one attached hydrogen (secondary N) is 2. The van der Waals surface area contributed by atoms with Gasteiger partial charge in [-0.05, 0) is 38.1 Å². The number of hydrogen-bond donors (Lipinski definition) is 2. The van der Waals surface area contributed by atoms with Gasteiger partial charge in [-0.15, -0.1) is 0 Å². The number of fused-ring (bicyclic) bond motifs is 1. The van der Waals surface area contributed by atoms with Crippen LogP contribution < -0.4 is 5.32 Å². The number of aromatic amines is 1. The molecular formula is C13H19N3S. The van der Waals surface area contributed by atoms with E-state index < -0.39 is 0 Å². The molecule has 0 amide bonds. The van der Waals surface area contributed by atoms with Gasteiger partial charge in [-0.3, -0.25) is 0 Å². The number of nitrogens with zero attached hydrogens (tertiary/aromatic N) is 1. The van der Waals surface area contributed by atoms with Gasteiger partial charge in [0.25, 0.3) is 0 Å². The molecule has 0 atom stereocenters. The molecule has 0 aliphatic carbocycles. The third-order valence-corrected chi connectivity index (χ3v) is 3.49. The van der Waals surface area contributed by atoms with Crippen LogP contribution in [0, 0.1) is 0 Å². The fourth-order valence-electron chi connectivity index (χ4n) is 1.67. The van der Waals surface area contributed by atoms with E-state index in [4.69, 9.17) is 0 Å². The predicted molar refractivity (Wildman–Crippen MR) is 74.6 cm³/mol. The second-order valence-corrected chi connectivity index (χ2v) is 5.09. The Balaban J connectivity index is 1.75. The molecule has 3 nitrogen and oxygen atoms in total. The first-order chi connectivity index (χ1) is 8.40. The minimum Gasteiger partial charge on any atom is -0.333 e. The molecule has 2 N–H and O–H groups in total. The van der Waals surface area contributed by atoms with Crippen molar-refractivity contribution < 1.29 is 0 Å². The molecule has 0 fully saturated rings. The normalized spacial score (nSPS) is 11.1. The molecule has 0 spiro atoms. The van der Waals surface area contributed by atoms with Crippen molar-refractivity contribution in [3.8, 4) is 0 Å². The van der Waals surface area contributed by atoms with Crippen molar-refractivity contribution in [3.05, 3.63) is 24.3 Å². The summed E-state index contributed by atoms with van der Waals surface area (Å²) < 4.78 is 0. The summed E-state index contributed by atoms with van der Waals surface area (Å²) in [5.41, 5.74) is 2.18. The van der Waals surface area contributed by atoms with E-state index in [9.17, 15) is 0 Å². The molecule has 0 saturated heterocycles. The van der Waals surface area contributed by atoms with Gasteiger partial charge in [0.05, 0.1) is 11.0 Å². The van der Waals surface area contributed by atoms with Crippen LogP contribution in [0.1, 0.15) is 19.8 Å². The zero-order valence-electron chi connectivity index (χ0n) is 10.2. The Morgan fingerprint density at radius 2 is 2.18 bits per heavy atom. The summed E-state index contributed by atoms with van der Waals surface area (Å²) in [4.78, 5) is 7.86. The standard InChI is InChI=1S/C13H19N3S/c1-2-8-14-9-5-10-17-13-15-11-6-3-4-7-12(11)16-13/h3-4,6-7,14H,2,5,8-10H2,1H3,(H,15,16). The molecule has 1 heterocycles. The maximum atomic E-state index is 4.53. The molecule has 1 aromatic carbocycles. The largest absolute Gasteiger partial charge is 0.333 e. The van der Waals surface area contributed by atoms with Crippen LogP contribution in [0.4, 0.5) is 0 Å². The van der Waals surface area contributed by atoms with Crippen LogP contribution in [0.25, 0.3) is 11.0 Å². The summed E-state index contributed by atoms with van der Waals surface area (Å²) in [6, 6.07) is 8.16. The highest BCUT2D eigenvalue weighted by molar-refractivity contribution is 7.99. The molecule has 0 unspecified atom stereocenters. The summed E-state index contributed by atoms with van der Waals surface area (Å²) in [6.45, 7) is 4.41. The lowest BCUT2D eigenvalue weighted by molar-refractivity contribution is 0.664. The van der Waals surface area contributed by atoms with Gasteiger partial charge in [0, 0.05) is 5.75 Å². The Morgan fingerprint density at radius 1 is 1.29 bits per heavy atom. The molecule has 0 aliphatic rings. The number of thioether (sulfide) groups is 1. The van der Waals surface area contributed by atoms with Gasteiger partial charge in [0.2, 0.25) is 0 Å². The summed E-state index contributed by atoms with van der Waals surface area (Å²) in [6.07, 6.45) is 2.39. The van der Waals surface area contributed by atoms with E-state index >= 15 is 0 Å². The predicted octanol–water partition coefficient (Wildman–Crippen LogP) is 3.04. The topological polar surface area (TPSA) is 40.7 Å². The molecule has 2 aromatic rings. The number of hydrogen-bond acceptors (Lipinski definition) is 3. The molecule has 0 radical (unpaired) electrons. The summed E-state index contributed by atoms with van der Waals surface area (Å²) in [5, 5.41) is 4.43. The quantitative estimate of drug-likeness (QED) is 0.585. The summed E-state index contributed by atoms with van der Waals surface area (Å²) in [7, 11) is 0. The average Bonchev–Trinajstić information content (AvgIpc) is 2.76. The maximum absolute atomic E-state index is 4.53. The van der Waals surface area contributed by atoms with Crippen LogP contribution in [-0.2, 0) is 0 Å². The fraction of sp³-hybridized carbons (Fsp3) is 0.462. The number of rotatable bonds is 7. The van der Waals surface area contributed by atoms with Crippen LogP contribution in [0.3, 0.4) is 0 Å². The van der Waals surface area contributed by atoms with E-state index in [-0.39, 0.29) is 0 Å². The average molecular weight is 249 g/mol. The Hall–Kier alpha value is -1.00. The minimum atomic E-state index is 1.03. The first-order valence-corrected chi connectivity index (χ1v) is 7.17. The van der Waals surface area contributed by atoms with E-state index in [1.165, 1.54) is 12.8 Å². The number of imidazole rings is 1. The highest BCUT2D eigenvalue weighted by Crippen LogP contribution is 2.19. The van der Waals surface area contributed by atoms with E-state index in [2.05, 4.69) is 28.3 Å². The van der Waals surface area contributed by atoms with Crippen molar-refractivity contribution in [1.29, 1.82) is 0 Å². The third-order valence-electron chi connectivity index (χ3n) is 2.53. The lowest BCUT2D eigenvalue weighted by atomic mass is 10.3. The first-order valence-electron chi connectivity index (χ1n) is 6.18. The molecule has 17 heavy (non-hydrogen) atoms. The number of H-pyrrole nitrogens is 1. The minimum absolute atomic E-state index is 1.03. The Morgan fingerprint density at radius 3 is 3.00 bits per heavy atom. The second-order valence-electron chi connectivity index (χ2n) is 4.01. The van der Waals surface area contributed by atoms with Crippen LogP contribution in [0.5, 0.6) is 0 Å². The van der Waals surface area contributed by atoms with Crippen molar-refractivity contribution >= 4 is 22.8 Å². The lowest BCUT2D eigenvalue weighted by Gasteiger charge is -2.01. The highest BCUT2D eigenvalue weighted by atomic mass is 32.2. The van der Waals surface area contributed by atoms with Gasteiger partial charge in [0.1, 0.15) is 0 Å². The summed E-state index contributed by atoms with van der Waals surface area (Å²) >= 11 is 1.80. The van der Waals surface area contributed by atoms with Gasteiger partial charge in [-0.25, -0.2) is 4.98 Å². The number of aromatic nitrogens is 2. The monoisotopic (exact) mass is 249 g/mol. The van der Waals surface area contributed by atoms with Gasteiger partial charge in [-0.1, -0.05) is 30.8 Å². The van der Waals surface area contributed by atoms with E-state index in [0.717, 1.165) is 35.0 Å². The fourth-order valence-corrected chi connectivity index (χ4v) is 2.49. The maximum Gasteiger partial charge on any atom is 0.166 e. The van der Waals surface area contributed by atoms with Crippen LogP contribution in [0.15, 0.2) is 29.4 Å². The molecule has 0 aliphatic heterocycles. The van der Waals surface area contributed by atoms with Crippen LogP contribution in [-0.4, -0.2) is 28.8 Å². The van der Waals surface area contributed by atoms with Crippen LogP contribution in [0.2, 0.25) is 0 Å². The Kier molecular flexibility index (Phi) is 4.88. The van der Waals surface area contributed by atoms with Crippen molar-refractivity contribution in [2.45, 2.75) is 24.9 Å². The zero-order valence-corrected chi connectivity index (χ0v) is 11.0. The third kappa shape index (κ3) is 3.75. The molecule has 92 valence electrons. The smallest absolute Gasteiger partial charge is 0.166 e. The van der Waals surface area contributed by atoms with E-state index in [1.54, 1.807) is 11.8 Å². The Bertz CT molecular complexity index is 420. The van der Waals surface area contributed by atoms with Crippen LogP contribution >= 0.6 is 11.8 Å². The SMILES string of the molecule is CCCNCCCSc1nc2ccccc2[nH]1. The van der Waals surface area contributed by atoms with Gasteiger partial charge in [0.15, 0.2) is 5.16 Å². The van der Waals surface area contributed by atoms with E-state index in [0.29, 0.717) is 0 Å². The molecular weight excluding hydrogens is 230 g/mol. The number of benzene rings is 1. The first kappa shape index (κ1) is 12.5. The van der Waals surface area contributed by atoms with Crippen molar-refractivity contribution in [2.75, 3.05) is 18.8 Å². The van der Waals surface area contributed by atoms with Crippen molar-refractivity contribution in [3.63, 3.8) is 0 Å². The molecule has 1 aromatic heterocycles. The lowest BCUT2D eigenvalue weighted by Crippen LogP contribution is -2.16. The van der Waals surface area contributed by atoms with Crippen molar-refractivity contribution in [1.82, 2.24) is 15.3 Å². The number of para-hydroxylation sites is 2. The summed E-state index contributed by atoms with van der Waals surface area (Å²) in [5.74, 6) is 1.11. The Labute approximate surface area is 106 Å². The van der Waals surface area contributed by atoms with Gasteiger partial charge < -0.3 is 10.3 Å². The van der Waals surface area contributed by atoms with Gasteiger partial charge in [-0.2, -0.15) is 0 Å².